The van der Waals surface area contributed by atoms with Gasteiger partial charge in [0.05, 0.1) is 10.8 Å². The normalized spacial score (nSPS) is 15.0. The van der Waals surface area contributed by atoms with E-state index in [-0.39, 0.29) is 29.6 Å². The molecule has 9 nitrogen and oxygen atoms in total. The van der Waals surface area contributed by atoms with Crippen LogP contribution in [0.3, 0.4) is 0 Å². The smallest absolute Gasteiger partial charge is 0.270 e. The monoisotopic (exact) mass is 471 g/mol. The Morgan fingerprint density at radius 3 is 2.72 bits per heavy atom. The van der Waals surface area contributed by atoms with E-state index >= 15 is 0 Å². The third kappa shape index (κ3) is 3.70. The molecule has 1 aliphatic heterocycles. The summed E-state index contributed by atoms with van der Waals surface area (Å²) < 4.78 is 11.5. The Balaban J connectivity index is 1.86. The number of hydrogen-bond donors (Lipinski definition) is 2. The number of hydrogen-bond acceptors (Lipinski definition) is 7. The number of nitriles is 1. The summed E-state index contributed by atoms with van der Waals surface area (Å²) in [6, 6.07) is 11.2. The number of nitrogens with two attached hydrogens (primary N) is 1. The summed E-state index contributed by atoms with van der Waals surface area (Å²) in [6.45, 7) is 1.75. The molecule has 0 spiro atoms. The van der Waals surface area contributed by atoms with Gasteiger partial charge >= 0.3 is 0 Å². The second-order valence-corrected chi connectivity index (χ2v) is 7.77. The topological polar surface area (TPSA) is 140 Å². The number of nitrogens with zero attached hydrogens (tertiary/aromatic N) is 3. The fraction of sp³-hybridized carbons (Fsp3) is 0.143. The lowest BCUT2D eigenvalue weighted by molar-refractivity contribution is -0.384. The molecule has 1 unspecified atom stereocenters. The molecule has 1 aliphatic rings. The van der Waals surface area contributed by atoms with Crippen LogP contribution >= 0.6 is 23.2 Å². The maximum absolute atomic E-state index is 11.5. The van der Waals surface area contributed by atoms with Gasteiger partial charge in [-0.3, -0.25) is 15.2 Å². The molecule has 4 rings (SSSR count). The predicted molar refractivity (Wildman–Crippen MR) is 117 cm³/mol. The summed E-state index contributed by atoms with van der Waals surface area (Å²) in [6.07, 6.45) is 0. The van der Waals surface area contributed by atoms with E-state index in [1.54, 1.807) is 25.1 Å². The number of nitro groups is 1. The SMILES string of the molecule is Cc1[nH]nc2c1C(c1cc([N+](=O)[O-])ccc1OCc1c(Cl)cccc1Cl)C(C#N)=C(N)O2. The number of halogens is 2. The molecule has 0 radical (unpaired) electrons. The van der Waals surface area contributed by atoms with Crippen LogP contribution in [0.4, 0.5) is 5.69 Å². The Morgan fingerprint density at radius 1 is 1.34 bits per heavy atom. The van der Waals surface area contributed by atoms with E-state index < -0.39 is 10.8 Å². The maximum atomic E-state index is 11.5. The summed E-state index contributed by atoms with van der Waals surface area (Å²) in [5.41, 5.74) is 7.96. The van der Waals surface area contributed by atoms with Crippen molar-refractivity contribution in [1.82, 2.24) is 10.2 Å². The fourth-order valence-corrected chi connectivity index (χ4v) is 4.04. The van der Waals surface area contributed by atoms with Crippen molar-refractivity contribution in [3.8, 4) is 17.7 Å². The number of nitro benzene ring substituents is 1. The number of rotatable bonds is 5. The van der Waals surface area contributed by atoms with Gasteiger partial charge in [0.25, 0.3) is 5.69 Å². The highest BCUT2D eigenvalue weighted by molar-refractivity contribution is 6.35. The Kier molecular flexibility index (Phi) is 5.65. The van der Waals surface area contributed by atoms with Gasteiger partial charge in [-0.2, -0.15) is 5.26 Å². The van der Waals surface area contributed by atoms with Gasteiger partial charge < -0.3 is 15.2 Å². The molecule has 2 heterocycles. The molecule has 0 amide bonds. The van der Waals surface area contributed by atoms with Gasteiger partial charge in [-0.25, -0.2) is 0 Å². The van der Waals surface area contributed by atoms with E-state index in [9.17, 15) is 15.4 Å². The number of ether oxygens (including phenoxy) is 2. The molecular formula is C21H15Cl2N5O4. The molecule has 3 aromatic rings. The first-order valence-corrected chi connectivity index (χ1v) is 10.0. The van der Waals surface area contributed by atoms with Gasteiger partial charge in [-0.1, -0.05) is 29.3 Å². The molecular weight excluding hydrogens is 457 g/mol. The van der Waals surface area contributed by atoms with Crippen LogP contribution in [-0.2, 0) is 6.61 Å². The molecule has 1 atom stereocenters. The number of aryl methyl sites for hydroxylation is 1. The van der Waals surface area contributed by atoms with Crippen LogP contribution in [0.5, 0.6) is 11.6 Å². The number of benzene rings is 2. The number of aromatic amines is 1. The zero-order valence-electron chi connectivity index (χ0n) is 16.6. The zero-order valence-corrected chi connectivity index (χ0v) is 18.1. The van der Waals surface area contributed by atoms with Crippen molar-refractivity contribution in [3.63, 3.8) is 0 Å². The zero-order chi connectivity index (χ0) is 23.0. The van der Waals surface area contributed by atoms with E-state index in [4.69, 9.17) is 38.4 Å². The van der Waals surface area contributed by atoms with E-state index in [0.717, 1.165) is 0 Å². The van der Waals surface area contributed by atoms with Crippen molar-refractivity contribution in [2.75, 3.05) is 0 Å². The van der Waals surface area contributed by atoms with Gasteiger partial charge in [0.1, 0.15) is 24.0 Å². The van der Waals surface area contributed by atoms with Gasteiger partial charge in [-0.15, -0.1) is 5.10 Å². The summed E-state index contributed by atoms with van der Waals surface area (Å²) in [5.74, 6) is -0.441. The van der Waals surface area contributed by atoms with E-state index in [2.05, 4.69) is 10.2 Å². The minimum atomic E-state index is -0.792. The summed E-state index contributed by atoms with van der Waals surface area (Å²) in [4.78, 5) is 11.0. The maximum Gasteiger partial charge on any atom is 0.270 e. The number of non-ortho nitro benzene ring substituents is 1. The molecule has 1 aromatic heterocycles. The highest BCUT2D eigenvalue weighted by Gasteiger charge is 2.36. The quantitative estimate of drug-likeness (QED) is 0.404. The minimum absolute atomic E-state index is 0.00481. The number of aromatic nitrogens is 2. The van der Waals surface area contributed by atoms with Crippen LogP contribution in [-0.4, -0.2) is 15.1 Å². The number of allylic oxidation sites excluding steroid dienone is 1. The average Bonchev–Trinajstić information content (AvgIpc) is 3.12. The molecule has 0 bridgehead atoms. The predicted octanol–water partition coefficient (Wildman–Crippen LogP) is 4.73. The van der Waals surface area contributed by atoms with E-state index in [0.29, 0.717) is 38.2 Å². The highest BCUT2D eigenvalue weighted by Crippen LogP contribution is 2.46. The van der Waals surface area contributed by atoms with Crippen molar-refractivity contribution in [3.05, 3.63) is 90.4 Å². The van der Waals surface area contributed by atoms with Crippen LogP contribution in [0.15, 0.2) is 47.9 Å². The third-order valence-corrected chi connectivity index (χ3v) is 5.79. The largest absolute Gasteiger partial charge is 0.488 e. The molecule has 32 heavy (non-hydrogen) atoms. The lowest BCUT2D eigenvalue weighted by atomic mass is 9.83. The molecule has 0 saturated carbocycles. The first-order chi connectivity index (χ1) is 15.3. The first kappa shape index (κ1) is 21.5. The van der Waals surface area contributed by atoms with Crippen LogP contribution in [0.25, 0.3) is 0 Å². The van der Waals surface area contributed by atoms with Crippen LogP contribution in [0.2, 0.25) is 10.0 Å². The third-order valence-electron chi connectivity index (χ3n) is 5.08. The highest BCUT2D eigenvalue weighted by atomic mass is 35.5. The lowest BCUT2D eigenvalue weighted by Crippen LogP contribution is -2.21. The number of H-pyrrole nitrogens is 1. The summed E-state index contributed by atoms with van der Waals surface area (Å²) >= 11 is 12.5. The lowest BCUT2D eigenvalue weighted by Gasteiger charge is -2.25. The number of nitrogens with one attached hydrogen (secondary N) is 1. The van der Waals surface area contributed by atoms with Crippen molar-refractivity contribution in [1.29, 1.82) is 5.26 Å². The second kappa shape index (κ2) is 8.42. The Morgan fingerprint density at radius 2 is 2.06 bits per heavy atom. The second-order valence-electron chi connectivity index (χ2n) is 6.96. The summed E-state index contributed by atoms with van der Waals surface area (Å²) in [5, 5.41) is 29.0. The molecule has 11 heteroatoms. The average molecular weight is 472 g/mol. The van der Waals surface area contributed by atoms with Crippen molar-refractivity contribution < 1.29 is 14.4 Å². The minimum Gasteiger partial charge on any atom is -0.488 e. The van der Waals surface area contributed by atoms with Gasteiger partial charge in [-0.05, 0) is 25.1 Å². The Hall–Kier alpha value is -3.74. The Bertz CT molecular complexity index is 1290. The van der Waals surface area contributed by atoms with Crippen molar-refractivity contribution in [2.24, 2.45) is 5.73 Å². The standard InChI is InChI=1S/C21H15Cl2N5O4/c1-10-18-19(13(8-24)20(25)32-21(18)27-26-10)12-7-11(28(29)30)5-6-17(12)31-9-14-15(22)3-2-4-16(14)23/h2-7,19H,9,25H2,1H3,(H,26,27). The summed E-state index contributed by atoms with van der Waals surface area (Å²) in [7, 11) is 0. The molecule has 0 aliphatic carbocycles. The molecule has 162 valence electrons. The molecule has 3 N–H and O–H groups in total. The van der Waals surface area contributed by atoms with Crippen LogP contribution in [0, 0.1) is 28.4 Å². The van der Waals surface area contributed by atoms with Crippen molar-refractivity contribution >= 4 is 28.9 Å². The van der Waals surface area contributed by atoms with Gasteiger partial charge in [0.2, 0.25) is 11.8 Å². The van der Waals surface area contributed by atoms with Gasteiger partial charge in [0.15, 0.2) is 0 Å². The van der Waals surface area contributed by atoms with Crippen LogP contribution < -0.4 is 15.2 Å². The van der Waals surface area contributed by atoms with Crippen LogP contribution in [0.1, 0.15) is 28.3 Å². The number of fused-ring (bicyclic) bond motifs is 1. The molecule has 2 aromatic carbocycles. The molecule has 0 saturated heterocycles. The van der Waals surface area contributed by atoms with E-state index in [1.807, 2.05) is 6.07 Å². The Labute approximate surface area is 192 Å². The molecule has 0 fully saturated rings. The van der Waals surface area contributed by atoms with Crippen molar-refractivity contribution in [2.45, 2.75) is 19.4 Å². The fourth-order valence-electron chi connectivity index (χ4n) is 3.54. The van der Waals surface area contributed by atoms with E-state index in [1.165, 1.54) is 18.2 Å². The van der Waals surface area contributed by atoms with Gasteiger partial charge in [0, 0.05) is 44.6 Å². The first-order valence-electron chi connectivity index (χ1n) is 9.28.